The Kier molecular flexibility index (Phi) is 25.5. The van der Waals surface area contributed by atoms with Gasteiger partial charge < -0.3 is 70.2 Å². The Morgan fingerprint density at radius 3 is 1.59 bits per heavy atom. The van der Waals surface area contributed by atoms with Crippen molar-refractivity contribution in [1.82, 2.24) is 40.8 Å². The van der Waals surface area contributed by atoms with Crippen molar-refractivity contribution < 1.29 is 68.3 Å². The van der Waals surface area contributed by atoms with Gasteiger partial charge in [-0.1, -0.05) is 117 Å². The van der Waals surface area contributed by atoms with Crippen molar-refractivity contribution in [2.45, 2.75) is 201 Å². The van der Waals surface area contributed by atoms with E-state index in [-0.39, 0.29) is 79.4 Å². The molecule has 4 bridgehead atoms. The molecule has 592 valence electrons. The Labute approximate surface area is 639 Å². The molecule has 15 rings (SSSR count). The summed E-state index contributed by atoms with van der Waals surface area (Å²) in [6.07, 6.45) is 6.86. The van der Waals surface area contributed by atoms with E-state index in [9.17, 15) is 44.4 Å². The van der Waals surface area contributed by atoms with Crippen molar-refractivity contribution in [2.75, 3.05) is 98.9 Å². The maximum absolute atomic E-state index is 14.3. The van der Waals surface area contributed by atoms with Crippen LogP contribution in [-0.4, -0.2) is 229 Å². The van der Waals surface area contributed by atoms with Crippen molar-refractivity contribution in [1.29, 1.82) is 0 Å². The molecule has 5 saturated heterocycles. The van der Waals surface area contributed by atoms with Gasteiger partial charge in [-0.25, -0.2) is 0 Å². The molecule has 5 aliphatic heterocycles. The highest BCUT2D eigenvalue weighted by Crippen LogP contribution is 2.62. The molecule has 0 spiro atoms. The third-order valence-corrected chi connectivity index (χ3v) is 26.6. The average Bonchev–Trinajstić information content (AvgIpc) is 0.862. The summed E-state index contributed by atoms with van der Waals surface area (Å²) >= 11 is 0. The molecule has 6 aliphatic carbocycles. The SMILES string of the molecule is COc1c(CN2O[C@@H](CO)[C@H]([C@H](C)O)[C@H]2C(=O)N[C@H]2C[C@H]3C[C@@H]([C@@H]2C)C3(C)C)cccc1-c1cc(C(=O)N2C[C@@H]2C(=O)N2CCOCC2)cc(N(C)C)c1.COc1c(CN2O[C@@H](CO)[C@H]([C@H](C)O)[C@H]2C(=O)N[C@H]2C[C@H]3C[C@@H]([C@@H]2C)C3(C)C)cccc1-c1cccc(C(=O)N[C@H](CC(C)C)CN2CCCCCC2)c1. The van der Waals surface area contributed by atoms with Crippen LogP contribution in [0.2, 0.25) is 0 Å². The molecule has 23 heteroatoms. The van der Waals surface area contributed by atoms with Crippen LogP contribution in [-0.2, 0) is 41.9 Å². The highest BCUT2D eigenvalue weighted by atomic mass is 16.7. The fourth-order valence-electron chi connectivity index (χ4n) is 20.0. The number of rotatable bonds is 25. The number of ether oxygens (including phenoxy) is 3. The van der Waals surface area contributed by atoms with E-state index in [4.69, 9.17) is 23.9 Å². The van der Waals surface area contributed by atoms with Gasteiger partial charge in [0.2, 0.25) is 17.7 Å². The predicted molar refractivity (Wildman–Crippen MR) is 414 cm³/mol. The number of nitrogens with one attached hydrogen (secondary N) is 3. The number of hydrogen-bond donors (Lipinski definition) is 7. The number of morpholine rings is 1. The number of likely N-dealkylation sites (tertiary alicyclic amines) is 1. The van der Waals surface area contributed by atoms with E-state index >= 15 is 0 Å². The summed E-state index contributed by atoms with van der Waals surface area (Å²) < 4.78 is 17.5. The van der Waals surface area contributed by atoms with Gasteiger partial charge in [-0.2, -0.15) is 10.1 Å². The molecule has 6 saturated carbocycles. The molecule has 18 atom stereocenters. The first kappa shape index (κ1) is 80.7. The van der Waals surface area contributed by atoms with E-state index in [1.807, 2.05) is 97.9 Å². The zero-order valence-corrected chi connectivity index (χ0v) is 66.4. The number of carbonyl (C=O) groups is 5. The molecule has 4 aromatic carbocycles. The van der Waals surface area contributed by atoms with Crippen LogP contribution in [0.4, 0.5) is 5.69 Å². The fraction of sp³-hybridized carbons (Fsp3) is 0.659. The number of aliphatic hydroxyl groups is 4. The Morgan fingerprint density at radius 2 is 1.13 bits per heavy atom. The molecule has 23 nitrogen and oxygen atoms in total. The van der Waals surface area contributed by atoms with E-state index in [1.165, 1.54) is 38.5 Å². The van der Waals surface area contributed by atoms with Crippen LogP contribution in [0.15, 0.2) is 78.9 Å². The summed E-state index contributed by atoms with van der Waals surface area (Å²) in [5.74, 6) is 2.52. The Bertz CT molecular complexity index is 3820. The average molecular weight is 1490 g/mol. The van der Waals surface area contributed by atoms with Gasteiger partial charge in [-0.15, -0.1) is 0 Å². The number of carbonyl (C=O) groups excluding carboxylic acids is 5. The summed E-state index contributed by atoms with van der Waals surface area (Å²) in [7, 11) is 7.03. The minimum Gasteiger partial charge on any atom is -0.496 e. The Balaban J connectivity index is 0.000000202. The summed E-state index contributed by atoms with van der Waals surface area (Å²) in [6, 6.07) is 22.9. The van der Waals surface area contributed by atoms with Crippen LogP contribution < -0.4 is 30.3 Å². The van der Waals surface area contributed by atoms with Gasteiger partial charge in [0, 0.05) is 103 Å². The van der Waals surface area contributed by atoms with Crippen LogP contribution in [0, 0.1) is 64.1 Å². The molecule has 108 heavy (non-hydrogen) atoms. The standard InChI is InChI=1S/C44H66N4O6.C41H57N5O8/c1-27(2)20-34(25-47-18-10-8-9-11-19-47)45-42(51)31-15-12-14-30(21-31)35-17-13-16-32(41(35)53-7)24-48-40(39(29(4)50)38(26-49)54-48)43(52)46-37-23-33-22-36(28(37)3)44(33,5)6;1-23-31-18-28(41(31,3)4)19-32(23)42-38(49)36-35(24(2)48)34(22-47)54-46(36)20-25-9-8-10-30(37(25)52-7)26-15-27(17-29(16-26)43(5)6)39(50)45-21-33(45)40(51)44-11-13-53-14-12-44/h12-17,21,27-29,33-34,36-40,49-50H,8-11,18-20,22-26H2,1-7H3,(H,45,51)(H,46,52);8-10,15-17,23-24,28,31-36,47-48H,11-14,18-22H2,1-7H3,(H,42,49)/t28-,29-,33+,34+,36-,37-,38-,39-,40-;23-,24-,28+,31-,32-,33+,34-,35-,36-,45?/m00/s1. The van der Waals surface area contributed by atoms with Crippen molar-refractivity contribution >= 4 is 35.2 Å². The molecule has 7 N–H and O–H groups in total. The smallest absolute Gasteiger partial charge is 0.254 e. The largest absolute Gasteiger partial charge is 0.496 e. The van der Waals surface area contributed by atoms with Crippen LogP contribution in [0.3, 0.4) is 0 Å². The van der Waals surface area contributed by atoms with Crippen LogP contribution in [0.5, 0.6) is 11.5 Å². The monoisotopic (exact) mass is 1490 g/mol. The first-order chi connectivity index (χ1) is 51.6. The second-order valence-electron chi connectivity index (χ2n) is 34.6. The number of aliphatic hydroxyl groups excluding tert-OH is 4. The van der Waals surface area contributed by atoms with E-state index in [0.29, 0.717) is 102 Å². The van der Waals surface area contributed by atoms with Gasteiger partial charge in [-0.3, -0.25) is 33.6 Å². The molecule has 11 aliphatic rings. The van der Waals surface area contributed by atoms with Crippen LogP contribution in [0.1, 0.15) is 159 Å². The van der Waals surface area contributed by atoms with Gasteiger partial charge in [0.05, 0.1) is 72.5 Å². The molecule has 0 radical (unpaired) electrons. The minimum absolute atomic E-state index is 0.0254. The lowest BCUT2D eigenvalue weighted by atomic mass is 9.45. The molecule has 0 unspecified atom stereocenters. The topological polar surface area (TPSA) is 268 Å². The zero-order chi connectivity index (χ0) is 77.4. The van der Waals surface area contributed by atoms with Crippen molar-refractivity contribution in [2.24, 2.45) is 64.1 Å². The fourth-order valence-corrected chi connectivity index (χ4v) is 20.0. The van der Waals surface area contributed by atoms with Crippen molar-refractivity contribution in [3.8, 4) is 33.8 Å². The highest BCUT2D eigenvalue weighted by Gasteiger charge is 2.60. The van der Waals surface area contributed by atoms with E-state index in [0.717, 1.165) is 78.0 Å². The van der Waals surface area contributed by atoms with Crippen LogP contribution in [0.25, 0.3) is 22.3 Å². The molecule has 5 amide bonds. The van der Waals surface area contributed by atoms with E-state index in [2.05, 4.69) is 76.2 Å². The van der Waals surface area contributed by atoms with E-state index < -0.39 is 54.4 Å². The Hall–Kier alpha value is -6.77. The number of fused-ring (bicyclic) bond motifs is 4. The lowest BCUT2D eigenvalue weighted by molar-refractivity contribution is -0.183. The number of methoxy groups -OCH3 is 2. The number of nitrogens with zero attached hydrogens (tertiary/aromatic N) is 6. The quantitative estimate of drug-likeness (QED) is 0.0305. The highest BCUT2D eigenvalue weighted by molar-refractivity contribution is 6.03. The van der Waals surface area contributed by atoms with Crippen molar-refractivity contribution in [3.63, 3.8) is 0 Å². The summed E-state index contributed by atoms with van der Waals surface area (Å²) in [4.78, 5) is 89.6. The van der Waals surface area contributed by atoms with E-state index in [1.54, 1.807) is 48.0 Å². The third-order valence-electron chi connectivity index (χ3n) is 26.6. The van der Waals surface area contributed by atoms with Gasteiger partial charge >= 0.3 is 0 Å². The third kappa shape index (κ3) is 16.9. The van der Waals surface area contributed by atoms with Crippen LogP contribution >= 0.6 is 0 Å². The predicted octanol–water partition coefficient (Wildman–Crippen LogP) is 8.82. The molecule has 0 aromatic heterocycles. The number of hydrogen-bond acceptors (Lipinski definition) is 18. The lowest BCUT2D eigenvalue weighted by Gasteiger charge is -2.62. The number of para-hydroxylation sites is 2. The molecule has 4 aromatic rings. The maximum Gasteiger partial charge on any atom is 0.254 e. The molecular formula is C85H123N9O14. The van der Waals surface area contributed by atoms with Gasteiger partial charge in [0.25, 0.3) is 11.8 Å². The maximum atomic E-state index is 14.3. The van der Waals surface area contributed by atoms with Gasteiger partial charge in [0.15, 0.2) is 0 Å². The zero-order valence-electron chi connectivity index (χ0n) is 66.4. The number of anilines is 1. The first-order valence-corrected chi connectivity index (χ1v) is 40.1. The lowest BCUT2D eigenvalue weighted by Crippen LogP contribution is -2.62. The Morgan fingerprint density at radius 1 is 0.630 bits per heavy atom. The second kappa shape index (κ2) is 34.1. The normalized spacial score (nSPS) is 30.1. The molecule has 11 fully saturated rings. The number of benzene rings is 4. The summed E-state index contributed by atoms with van der Waals surface area (Å²) in [5, 5.41) is 55.8. The van der Waals surface area contributed by atoms with Crippen molar-refractivity contribution in [3.05, 3.63) is 101 Å². The number of hydroxylamine groups is 4. The molecule has 5 heterocycles. The minimum atomic E-state index is -0.914. The number of amides is 5. The summed E-state index contributed by atoms with van der Waals surface area (Å²) in [5.41, 5.74) is 7.09. The first-order valence-electron chi connectivity index (χ1n) is 40.1. The second-order valence-corrected chi connectivity index (χ2v) is 34.6. The summed E-state index contributed by atoms with van der Waals surface area (Å²) in [6.45, 7) is 26.7. The molecular weight excluding hydrogens is 1370 g/mol. The van der Waals surface area contributed by atoms with Gasteiger partial charge in [0.1, 0.15) is 41.8 Å². The van der Waals surface area contributed by atoms with Gasteiger partial charge in [-0.05, 0) is 166 Å².